The fourth-order valence-electron chi connectivity index (χ4n) is 5.68. The van der Waals surface area contributed by atoms with E-state index in [1.165, 1.54) is 29.2 Å². The number of esters is 1. The first kappa shape index (κ1) is 27.7. The third kappa shape index (κ3) is 5.83. The number of likely N-dealkylation sites (tertiary alicyclic amines) is 1. The molecule has 9 nitrogen and oxygen atoms in total. The lowest BCUT2D eigenvalue weighted by Gasteiger charge is -2.40. The first-order valence-electron chi connectivity index (χ1n) is 14.1. The van der Waals surface area contributed by atoms with Gasteiger partial charge in [0, 0.05) is 35.5 Å². The number of aromatic nitrogens is 1. The Labute approximate surface area is 247 Å². The van der Waals surface area contributed by atoms with Gasteiger partial charge in [-0.25, -0.2) is 9.59 Å². The van der Waals surface area contributed by atoms with E-state index in [4.69, 9.17) is 9.47 Å². The number of nitrogens with zero attached hydrogens (tertiary/aromatic N) is 2. The standard InChI is InChI=1S/C34H29N3O6/c38-33(25-17-19-26(20-18-25)37(40)41)43-32-28(15-9-21-36(32)34(39)42-22-23-10-3-1-4-11-23)30-27-14-7-8-16-29(27)35-31(30)24-12-5-2-6-13-24/h1-8,10-14,16-20,28,32,35H,9,15,21-22H2. The maximum absolute atomic E-state index is 13.6. The van der Waals surface area contributed by atoms with E-state index in [2.05, 4.69) is 4.98 Å². The molecule has 0 saturated carbocycles. The molecular formula is C34H29N3O6. The number of rotatable bonds is 7. The third-order valence-corrected chi connectivity index (χ3v) is 7.73. The number of hydrogen-bond donors (Lipinski definition) is 1. The highest BCUT2D eigenvalue weighted by Gasteiger charge is 2.41. The maximum atomic E-state index is 13.6. The normalized spacial score (nSPS) is 16.5. The summed E-state index contributed by atoms with van der Waals surface area (Å²) in [5.74, 6) is -1.07. The van der Waals surface area contributed by atoms with Crippen LogP contribution in [0, 0.1) is 10.1 Å². The SMILES string of the molecule is O=C(OC1C(c2c(-c3ccccc3)[nH]c3ccccc23)CCCN1C(=O)OCc1ccccc1)c1ccc([N+](=O)[O-])cc1. The van der Waals surface area contributed by atoms with Gasteiger partial charge in [-0.3, -0.25) is 15.0 Å². The summed E-state index contributed by atoms with van der Waals surface area (Å²) in [6.07, 6.45) is -0.246. The van der Waals surface area contributed by atoms with Gasteiger partial charge in [-0.05, 0) is 47.7 Å². The summed E-state index contributed by atoms with van der Waals surface area (Å²) >= 11 is 0. The number of nitro benzene ring substituents is 1. The fourth-order valence-corrected chi connectivity index (χ4v) is 5.68. The van der Waals surface area contributed by atoms with Gasteiger partial charge in [0.1, 0.15) is 6.61 Å². The van der Waals surface area contributed by atoms with E-state index in [1.807, 2.05) is 84.9 Å². The molecule has 43 heavy (non-hydrogen) atoms. The van der Waals surface area contributed by atoms with Crippen LogP contribution in [0.1, 0.15) is 40.2 Å². The summed E-state index contributed by atoms with van der Waals surface area (Å²) in [5.41, 5.74) is 4.59. The number of carbonyl (C=O) groups is 2. The number of benzene rings is 4. The summed E-state index contributed by atoms with van der Waals surface area (Å²) in [6.45, 7) is 0.414. The molecule has 1 aliphatic heterocycles. The molecule has 1 aromatic heterocycles. The van der Waals surface area contributed by atoms with Crippen molar-refractivity contribution < 1.29 is 24.0 Å². The number of piperidine rings is 1. The van der Waals surface area contributed by atoms with Crippen molar-refractivity contribution in [1.82, 2.24) is 9.88 Å². The van der Waals surface area contributed by atoms with Crippen molar-refractivity contribution in [3.05, 3.63) is 136 Å². The average Bonchev–Trinajstić information content (AvgIpc) is 3.44. The average molecular weight is 576 g/mol. The largest absolute Gasteiger partial charge is 0.444 e. The molecule has 0 radical (unpaired) electrons. The summed E-state index contributed by atoms with van der Waals surface area (Å²) in [7, 11) is 0. The molecule has 1 aliphatic rings. The zero-order valence-corrected chi connectivity index (χ0v) is 23.2. The van der Waals surface area contributed by atoms with Crippen LogP contribution in [0.25, 0.3) is 22.2 Å². The number of amides is 1. The number of nitrogens with one attached hydrogen (secondary N) is 1. The van der Waals surface area contributed by atoms with Crippen LogP contribution in [0.5, 0.6) is 0 Å². The number of carbonyl (C=O) groups excluding carboxylic acids is 2. The second-order valence-corrected chi connectivity index (χ2v) is 10.4. The van der Waals surface area contributed by atoms with Crippen LogP contribution in [-0.4, -0.2) is 39.6 Å². The van der Waals surface area contributed by atoms with Gasteiger partial charge in [0.2, 0.25) is 0 Å². The molecule has 1 amide bonds. The minimum absolute atomic E-state index is 0.0756. The zero-order chi connectivity index (χ0) is 29.8. The van der Waals surface area contributed by atoms with Gasteiger partial charge in [0.05, 0.1) is 16.2 Å². The lowest BCUT2D eigenvalue weighted by atomic mass is 9.85. The lowest BCUT2D eigenvalue weighted by molar-refractivity contribution is -0.384. The summed E-state index contributed by atoms with van der Waals surface area (Å²) in [4.78, 5) is 42.7. The number of aromatic amines is 1. The molecule has 216 valence electrons. The van der Waals surface area contributed by atoms with Gasteiger partial charge in [-0.2, -0.15) is 0 Å². The Balaban J connectivity index is 1.39. The van der Waals surface area contributed by atoms with E-state index in [9.17, 15) is 19.7 Å². The zero-order valence-electron chi connectivity index (χ0n) is 23.2. The highest BCUT2D eigenvalue weighted by molar-refractivity contribution is 5.92. The molecule has 0 bridgehead atoms. The van der Waals surface area contributed by atoms with E-state index < -0.39 is 23.2 Å². The predicted octanol–water partition coefficient (Wildman–Crippen LogP) is 7.44. The predicted molar refractivity (Wildman–Crippen MR) is 161 cm³/mol. The number of fused-ring (bicyclic) bond motifs is 1. The van der Waals surface area contributed by atoms with Crippen molar-refractivity contribution in [3.8, 4) is 11.3 Å². The highest BCUT2D eigenvalue weighted by atomic mass is 16.6. The molecule has 6 rings (SSSR count). The van der Waals surface area contributed by atoms with E-state index in [0.717, 1.165) is 33.3 Å². The summed E-state index contributed by atoms with van der Waals surface area (Å²) in [5, 5.41) is 12.1. The van der Waals surface area contributed by atoms with Crippen molar-refractivity contribution in [2.24, 2.45) is 0 Å². The Bertz CT molecular complexity index is 1750. The Hall–Kier alpha value is -5.44. The summed E-state index contributed by atoms with van der Waals surface area (Å²) < 4.78 is 11.9. The molecule has 9 heteroatoms. The van der Waals surface area contributed by atoms with Gasteiger partial charge in [-0.1, -0.05) is 78.9 Å². The van der Waals surface area contributed by atoms with E-state index in [-0.39, 0.29) is 23.8 Å². The first-order valence-corrected chi connectivity index (χ1v) is 14.1. The maximum Gasteiger partial charge on any atom is 0.413 e. The van der Waals surface area contributed by atoms with Crippen molar-refractivity contribution in [3.63, 3.8) is 0 Å². The minimum atomic E-state index is -0.985. The van der Waals surface area contributed by atoms with E-state index in [1.54, 1.807) is 0 Å². The molecule has 2 unspecified atom stereocenters. The molecule has 2 atom stereocenters. The quantitative estimate of drug-likeness (QED) is 0.123. The first-order chi connectivity index (χ1) is 21.0. The lowest BCUT2D eigenvalue weighted by Crippen LogP contribution is -2.50. The van der Waals surface area contributed by atoms with Crippen molar-refractivity contribution in [1.29, 1.82) is 0 Å². The van der Waals surface area contributed by atoms with Crippen molar-refractivity contribution in [2.75, 3.05) is 6.54 Å². The van der Waals surface area contributed by atoms with Crippen molar-refractivity contribution >= 4 is 28.7 Å². The third-order valence-electron chi connectivity index (χ3n) is 7.73. The van der Waals surface area contributed by atoms with E-state index in [0.29, 0.717) is 19.4 Å². The number of H-pyrrole nitrogens is 1. The molecule has 4 aromatic carbocycles. The van der Waals surface area contributed by atoms with E-state index >= 15 is 0 Å². The second kappa shape index (κ2) is 12.2. The molecule has 1 N–H and O–H groups in total. The number of hydrogen-bond acceptors (Lipinski definition) is 6. The van der Waals surface area contributed by atoms with Crippen LogP contribution in [0.4, 0.5) is 10.5 Å². The molecule has 5 aromatic rings. The van der Waals surface area contributed by atoms with Gasteiger partial charge in [0.25, 0.3) is 5.69 Å². The van der Waals surface area contributed by atoms with Gasteiger partial charge in [-0.15, -0.1) is 0 Å². The Morgan fingerprint density at radius 1 is 0.884 bits per heavy atom. The van der Waals surface area contributed by atoms with Crippen LogP contribution in [0.3, 0.4) is 0 Å². The van der Waals surface area contributed by atoms with Crippen LogP contribution >= 0.6 is 0 Å². The molecule has 0 spiro atoms. The number of nitro groups is 1. The number of ether oxygens (including phenoxy) is 2. The van der Waals surface area contributed by atoms with Gasteiger partial charge in [0.15, 0.2) is 6.23 Å². The Morgan fingerprint density at radius 3 is 2.28 bits per heavy atom. The summed E-state index contributed by atoms with van der Waals surface area (Å²) in [6, 6.07) is 32.5. The number of para-hydroxylation sites is 1. The topological polar surface area (TPSA) is 115 Å². The fraction of sp³-hybridized carbons (Fsp3) is 0.176. The van der Waals surface area contributed by atoms with Gasteiger partial charge < -0.3 is 14.5 Å². The highest BCUT2D eigenvalue weighted by Crippen LogP contribution is 2.43. The molecular weight excluding hydrogens is 546 g/mol. The number of non-ortho nitro benzene ring substituents is 1. The Kier molecular flexibility index (Phi) is 7.86. The van der Waals surface area contributed by atoms with Crippen molar-refractivity contribution in [2.45, 2.75) is 31.6 Å². The van der Waals surface area contributed by atoms with Gasteiger partial charge >= 0.3 is 12.1 Å². The van der Waals surface area contributed by atoms with Crippen LogP contribution in [0.2, 0.25) is 0 Å². The van der Waals surface area contributed by atoms with Crippen LogP contribution in [0.15, 0.2) is 109 Å². The Morgan fingerprint density at radius 2 is 1.56 bits per heavy atom. The monoisotopic (exact) mass is 575 g/mol. The van der Waals surface area contributed by atoms with Crippen LogP contribution < -0.4 is 0 Å². The van der Waals surface area contributed by atoms with Crippen LogP contribution in [-0.2, 0) is 16.1 Å². The molecule has 1 saturated heterocycles. The molecule has 1 fully saturated rings. The molecule has 2 heterocycles. The second-order valence-electron chi connectivity index (χ2n) is 10.4. The molecule has 0 aliphatic carbocycles. The smallest absolute Gasteiger partial charge is 0.413 e. The minimum Gasteiger partial charge on any atom is -0.444 e.